The molecule has 1 aromatic carbocycles. The Labute approximate surface area is 147 Å². The molecule has 22 heavy (non-hydrogen) atoms. The van der Waals surface area contributed by atoms with Gasteiger partial charge >= 0.3 is 0 Å². The van der Waals surface area contributed by atoms with Crippen molar-refractivity contribution in [1.29, 1.82) is 0 Å². The van der Waals surface area contributed by atoms with E-state index in [0.717, 1.165) is 16.7 Å². The van der Waals surface area contributed by atoms with Gasteiger partial charge in [-0.3, -0.25) is 0 Å². The van der Waals surface area contributed by atoms with Gasteiger partial charge in [0.05, 0.1) is 13.2 Å². The summed E-state index contributed by atoms with van der Waals surface area (Å²) in [6, 6.07) is 4.06. The lowest BCUT2D eigenvalue weighted by molar-refractivity contribution is -0.202. The van der Waals surface area contributed by atoms with Gasteiger partial charge in [0.1, 0.15) is 5.75 Å². The molecule has 0 unspecified atom stereocenters. The van der Waals surface area contributed by atoms with E-state index < -0.39 is 0 Å². The van der Waals surface area contributed by atoms with Crippen LogP contribution >= 0.6 is 22.6 Å². The molecule has 0 saturated carbocycles. The lowest BCUT2D eigenvalue weighted by Crippen LogP contribution is -2.26. The fraction of sp³-hybridized carbons (Fsp3) is 0.667. The number of aromatic hydroxyl groups is 1. The SMILES string of the molecule is CC1COC(c2cc(C(C)(C)C)c(O)c(C(C)(C)I)c2)OC1. The van der Waals surface area contributed by atoms with Gasteiger partial charge in [0.15, 0.2) is 6.29 Å². The third-order valence-electron chi connectivity index (χ3n) is 3.92. The quantitative estimate of drug-likeness (QED) is 0.540. The van der Waals surface area contributed by atoms with Crippen molar-refractivity contribution in [3.63, 3.8) is 0 Å². The van der Waals surface area contributed by atoms with Gasteiger partial charge in [-0.25, -0.2) is 0 Å². The minimum Gasteiger partial charge on any atom is -0.507 e. The monoisotopic (exact) mass is 418 g/mol. The van der Waals surface area contributed by atoms with Crippen LogP contribution in [0.1, 0.15) is 64.5 Å². The molecule has 1 aliphatic rings. The van der Waals surface area contributed by atoms with E-state index in [4.69, 9.17) is 9.47 Å². The zero-order valence-electron chi connectivity index (χ0n) is 14.4. The molecule has 4 heteroatoms. The van der Waals surface area contributed by atoms with E-state index in [9.17, 15) is 5.11 Å². The van der Waals surface area contributed by atoms with Crippen LogP contribution in [0, 0.1) is 5.92 Å². The van der Waals surface area contributed by atoms with Gasteiger partial charge in [-0.15, -0.1) is 0 Å². The molecule has 1 fully saturated rings. The smallest absolute Gasteiger partial charge is 0.183 e. The zero-order chi connectivity index (χ0) is 16.7. The highest BCUT2D eigenvalue weighted by Gasteiger charge is 2.30. The Morgan fingerprint density at radius 2 is 1.55 bits per heavy atom. The summed E-state index contributed by atoms with van der Waals surface area (Å²) in [6.45, 7) is 14.1. The summed E-state index contributed by atoms with van der Waals surface area (Å²) in [5.41, 5.74) is 2.73. The molecular formula is C18H27IO3. The number of ether oxygens (including phenoxy) is 2. The summed E-state index contributed by atoms with van der Waals surface area (Å²) >= 11 is 2.36. The van der Waals surface area contributed by atoms with Crippen LogP contribution in [0.3, 0.4) is 0 Å². The summed E-state index contributed by atoms with van der Waals surface area (Å²) in [5, 5.41) is 10.7. The lowest BCUT2D eigenvalue weighted by atomic mass is 9.82. The molecule has 3 nitrogen and oxygen atoms in total. The lowest BCUT2D eigenvalue weighted by Gasteiger charge is -2.31. The Morgan fingerprint density at radius 3 is 2.00 bits per heavy atom. The van der Waals surface area contributed by atoms with Crippen LogP contribution in [0.5, 0.6) is 5.75 Å². The second-order valence-corrected chi connectivity index (χ2v) is 10.5. The third-order valence-corrected chi connectivity index (χ3v) is 4.50. The maximum atomic E-state index is 10.7. The molecule has 0 aliphatic carbocycles. The minimum atomic E-state index is -0.338. The number of rotatable bonds is 2. The number of halogens is 1. The van der Waals surface area contributed by atoms with Crippen molar-refractivity contribution in [2.24, 2.45) is 5.92 Å². The van der Waals surface area contributed by atoms with Crippen LogP contribution in [0.4, 0.5) is 0 Å². The average Bonchev–Trinajstić information content (AvgIpc) is 2.37. The summed E-state index contributed by atoms with van der Waals surface area (Å²) < 4.78 is 11.5. The first-order valence-electron chi connectivity index (χ1n) is 7.80. The molecule has 0 amide bonds. The van der Waals surface area contributed by atoms with Crippen LogP contribution in [0.2, 0.25) is 0 Å². The highest BCUT2D eigenvalue weighted by Crippen LogP contribution is 2.44. The normalized spacial score (nSPS) is 23.6. The van der Waals surface area contributed by atoms with E-state index in [0.29, 0.717) is 24.9 Å². The molecule has 0 atom stereocenters. The maximum Gasteiger partial charge on any atom is 0.183 e. The Kier molecular flexibility index (Phi) is 5.15. The maximum absolute atomic E-state index is 10.7. The van der Waals surface area contributed by atoms with Crippen LogP contribution < -0.4 is 0 Å². The molecule has 0 aromatic heterocycles. The number of hydrogen-bond acceptors (Lipinski definition) is 3. The van der Waals surface area contributed by atoms with Crippen molar-refractivity contribution >= 4 is 22.6 Å². The summed E-state index contributed by atoms with van der Waals surface area (Å²) in [7, 11) is 0. The molecule has 1 aliphatic heterocycles. The molecule has 1 N–H and O–H groups in total. The highest BCUT2D eigenvalue weighted by atomic mass is 127. The molecular weight excluding hydrogens is 391 g/mol. The van der Waals surface area contributed by atoms with Gasteiger partial charge < -0.3 is 14.6 Å². The first-order chi connectivity index (χ1) is 10.00. The standard InChI is InChI=1S/C18H27IO3/c1-11-9-21-16(22-10-11)12-7-13(17(2,3)4)15(20)14(8-12)18(5,6)19/h7-8,11,16,20H,9-10H2,1-6H3. The van der Waals surface area contributed by atoms with Gasteiger partial charge in [0.25, 0.3) is 0 Å². The summed E-state index contributed by atoms with van der Waals surface area (Å²) in [4.78, 5) is 0. The van der Waals surface area contributed by atoms with E-state index in [1.54, 1.807) is 0 Å². The predicted molar refractivity (Wildman–Crippen MR) is 97.7 cm³/mol. The van der Waals surface area contributed by atoms with Crippen molar-refractivity contribution < 1.29 is 14.6 Å². The number of benzene rings is 1. The van der Waals surface area contributed by atoms with Crippen LogP contribution in [0.25, 0.3) is 0 Å². The third kappa shape index (κ3) is 3.95. The van der Waals surface area contributed by atoms with Crippen molar-refractivity contribution in [2.45, 2.75) is 56.7 Å². The molecule has 0 bridgehead atoms. The Bertz CT molecular complexity index is 497. The van der Waals surface area contributed by atoms with E-state index >= 15 is 0 Å². The number of alkyl halides is 1. The summed E-state index contributed by atoms with van der Waals surface area (Å²) in [6.07, 6.45) is -0.338. The molecule has 2 rings (SSSR count). The van der Waals surface area contributed by atoms with Gasteiger partial charge in [0, 0.05) is 26.0 Å². The summed E-state index contributed by atoms with van der Waals surface area (Å²) in [5.74, 6) is 0.816. The second kappa shape index (κ2) is 6.29. The van der Waals surface area contributed by atoms with Crippen molar-refractivity contribution in [3.8, 4) is 5.75 Å². The number of phenolic OH excluding ortho intramolecular Hbond substituents is 1. The Balaban J connectivity index is 2.51. The Hall–Kier alpha value is -0.330. The van der Waals surface area contributed by atoms with Crippen LogP contribution in [-0.2, 0) is 18.3 Å². The highest BCUT2D eigenvalue weighted by molar-refractivity contribution is 14.1. The molecule has 1 aromatic rings. The first kappa shape index (κ1) is 18.0. The molecule has 124 valence electrons. The zero-order valence-corrected chi connectivity index (χ0v) is 16.5. The molecule has 1 heterocycles. The largest absolute Gasteiger partial charge is 0.507 e. The van der Waals surface area contributed by atoms with Crippen LogP contribution in [0.15, 0.2) is 12.1 Å². The van der Waals surface area contributed by atoms with Gasteiger partial charge in [-0.1, -0.05) is 50.3 Å². The predicted octanol–water partition coefficient (Wildman–Crippen LogP) is 5.04. The van der Waals surface area contributed by atoms with E-state index in [1.807, 2.05) is 12.1 Å². The van der Waals surface area contributed by atoms with Crippen LogP contribution in [-0.4, -0.2) is 18.3 Å². The van der Waals surface area contributed by atoms with Crippen molar-refractivity contribution in [3.05, 3.63) is 28.8 Å². The van der Waals surface area contributed by atoms with Gasteiger partial charge in [-0.2, -0.15) is 0 Å². The molecule has 0 radical (unpaired) electrons. The minimum absolute atomic E-state index is 0.140. The number of phenols is 1. The number of hydrogen-bond donors (Lipinski definition) is 1. The topological polar surface area (TPSA) is 38.7 Å². The van der Waals surface area contributed by atoms with E-state index in [2.05, 4.69) is 64.1 Å². The van der Waals surface area contributed by atoms with E-state index in [1.165, 1.54) is 0 Å². The fourth-order valence-corrected chi connectivity index (χ4v) is 3.02. The van der Waals surface area contributed by atoms with Gasteiger partial charge in [-0.05, 0) is 31.4 Å². The van der Waals surface area contributed by atoms with E-state index in [-0.39, 0.29) is 15.1 Å². The van der Waals surface area contributed by atoms with Crippen molar-refractivity contribution in [1.82, 2.24) is 0 Å². The Morgan fingerprint density at radius 1 is 1.05 bits per heavy atom. The average molecular weight is 418 g/mol. The fourth-order valence-electron chi connectivity index (χ4n) is 2.61. The molecule has 1 saturated heterocycles. The first-order valence-corrected chi connectivity index (χ1v) is 8.88. The van der Waals surface area contributed by atoms with Crippen molar-refractivity contribution in [2.75, 3.05) is 13.2 Å². The van der Waals surface area contributed by atoms with Gasteiger partial charge in [0.2, 0.25) is 0 Å². The molecule has 0 spiro atoms. The second-order valence-electron chi connectivity index (χ2n) is 7.79.